The Labute approximate surface area is 309 Å². The van der Waals surface area contributed by atoms with Crippen molar-refractivity contribution >= 4 is 28.7 Å². The number of hydrogen-bond donors (Lipinski definition) is 6. The lowest BCUT2D eigenvalue weighted by molar-refractivity contribution is -0.132. The molecule has 0 saturated carbocycles. The number of methoxy groups -OCH3 is 1. The predicted octanol–water partition coefficient (Wildman–Crippen LogP) is 5.64. The Morgan fingerprint density at radius 2 is 1.55 bits per heavy atom. The zero-order valence-corrected chi connectivity index (χ0v) is 29.9. The highest BCUT2D eigenvalue weighted by molar-refractivity contribution is 5.90. The van der Waals surface area contributed by atoms with E-state index in [2.05, 4.69) is 15.6 Å². The molecule has 0 aliphatic carbocycles. The molecule has 2 amide bonds. The molecule has 5 aromatic rings. The van der Waals surface area contributed by atoms with Crippen molar-refractivity contribution in [1.29, 1.82) is 0 Å². The molecule has 4 aromatic carbocycles. The van der Waals surface area contributed by atoms with Gasteiger partial charge in [0.1, 0.15) is 24.6 Å². The second kappa shape index (κ2) is 19.9. The summed E-state index contributed by atoms with van der Waals surface area (Å²) in [5, 5.41) is 26.5. The van der Waals surface area contributed by atoms with Gasteiger partial charge in [-0.05, 0) is 91.1 Å². The molecule has 1 unspecified atom stereocenters. The Bertz CT molecular complexity index is 1910. The fraction of sp³-hybridized carbons (Fsp3) is 0.310. The summed E-state index contributed by atoms with van der Waals surface area (Å²) in [6.45, 7) is 0.448. The fourth-order valence-corrected chi connectivity index (χ4v) is 6.33. The van der Waals surface area contributed by atoms with E-state index in [0.717, 1.165) is 38.9 Å². The molecule has 53 heavy (non-hydrogen) atoms. The van der Waals surface area contributed by atoms with Gasteiger partial charge in [-0.25, -0.2) is 4.79 Å². The van der Waals surface area contributed by atoms with Gasteiger partial charge in [-0.2, -0.15) is 5.48 Å². The van der Waals surface area contributed by atoms with Gasteiger partial charge in [-0.15, -0.1) is 0 Å². The van der Waals surface area contributed by atoms with E-state index in [4.69, 9.17) is 9.47 Å². The number of fused-ring (bicyclic) bond motifs is 1. The number of aromatic nitrogens is 1. The summed E-state index contributed by atoms with van der Waals surface area (Å²) >= 11 is 0. The number of hydroxylamine groups is 1. The van der Waals surface area contributed by atoms with Crippen LogP contribution in [0.4, 0.5) is 0 Å². The van der Waals surface area contributed by atoms with Crippen molar-refractivity contribution in [2.45, 2.75) is 63.8 Å². The van der Waals surface area contributed by atoms with Gasteiger partial charge in [0.25, 0.3) is 0 Å². The number of carbonyl (C=O) groups excluding carboxylic acids is 3. The standard InChI is InChI=1S/C42H48N4O7/c1-52-35-20-17-29(18-21-35)11-7-13-32(26-39(47)46-51)40(48)45-38(22-19-34-27-44-37-16-6-5-15-36(34)37)41(49)43-24-23-30-12-8-14-33(25-30)42(50)53-28-31-9-3-2-4-10-31/h2-6,8-10,12,14-18,20-21,25,27,32,38-39,44,46-47,51H,7,11,13,19,22-24,26,28H2,1H3,(H,43,49)(H,45,48)/t32-,38+,39?/m1/s1. The van der Waals surface area contributed by atoms with Gasteiger partial charge in [0.15, 0.2) is 0 Å². The van der Waals surface area contributed by atoms with Gasteiger partial charge in [0.05, 0.1) is 12.7 Å². The number of aryl methyl sites for hydroxylation is 2. The van der Waals surface area contributed by atoms with E-state index in [0.29, 0.717) is 44.1 Å². The highest BCUT2D eigenvalue weighted by atomic mass is 16.5. The van der Waals surface area contributed by atoms with Crippen molar-refractivity contribution in [3.63, 3.8) is 0 Å². The van der Waals surface area contributed by atoms with Crippen molar-refractivity contribution in [2.24, 2.45) is 5.92 Å². The van der Waals surface area contributed by atoms with Crippen LogP contribution in [0.1, 0.15) is 58.3 Å². The van der Waals surface area contributed by atoms with E-state index in [1.54, 1.807) is 25.3 Å². The third kappa shape index (κ3) is 11.8. The Balaban J connectivity index is 1.22. The Morgan fingerprint density at radius 3 is 2.32 bits per heavy atom. The summed E-state index contributed by atoms with van der Waals surface area (Å²) in [5.41, 5.74) is 7.09. The lowest BCUT2D eigenvalue weighted by Crippen LogP contribution is -2.49. The number of hydrogen-bond acceptors (Lipinski definition) is 8. The first-order chi connectivity index (χ1) is 25.8. The first-order valence-corrected chi connectivity index (χ1v) is 18.0. The highest BCUT2D eigenvalue weighted by Gasteiger charge is 2.27. The van der Waals surface area contributed by atoms with E-state index in [1.807, 2.05) is 96.6 Å². The Morgan fingerprint density at radius 1 is 0.792 bits per heavy atom. The zero-order chi connectivity index (χ0) is 37.4. The minimum absolute atomic E-state index is 0.0359. The van der Waals surface area contributed by atoms with Gasteiger partial charge in [-0.1, -0.05) is 72.8 Å². The van der Waals surface area contributed by atoms with E-state index < -0.39 is 24.2 Å². The van der Waals surface area contributed by atoms with Crippen molar-refractivity contribution in [1.82, 2.24) is 21.1 Å². The van der Waals surface area contributed by atoms with Crippen LogP contribution in [0.15, 0.2) is 109 Å². The van der Waals surface area contributed by atoms with Crippen molar-refractivity contribution < 1.29 is 34.2 Å². The number of aliphatic hydroxyl groups excluding tert-OH is 1. The smallest absolute Gasteiger partial charge is 0.338 e. The van der Waals surface area contributed by atoms with Crippen LogP contribution >= 0.6 is 0 Å². The molecule has 11 nitrogen and oxygen atoms in total. The third-order valence-electron chi connectivity index (χ3n) is 9.30. The molecule has 3 atom stereocenters. The molecule has 278 valence electrons. The minimum Gasteiger partial charge on any atom is -0.497 e. The maximum absolute atomic E-state index is 13.8. The molecule has 0 spiro atoms. The molecule has 6 N–H and O–H groups in total. The number of ether oxygens (including phenoxy) is 2. The minimum atomic E-state index is -1.31. The lowest BCUT2D eigenvalue weighted by Gasteiger charge is -2.24. The number of aromatic amines is 1. The van der Waals surface area contributed by atoms with Gasteiger partial charge in [0.2, 0.25) is 11.8 Å². The number of benzene rings is 4. The van der Waals surface area contributed by atoms with Gasteiger partial charge in [0, 0.05) is 36.0 Å². The van der Waals surface area contributed by atoms with Crippen molar-refractivity contribution in [3.05, 3.63) is 137 Å². The topological polar surface area (TPSA) is 162 Å². The number of para-hydroxylation sites is 1. The average Bonchev–Trinajstić information content (AvgIpc) is 3.61. The lowest BCUT2D eigenvalue weighted by atomic mass is 9.94. The number of carbonyl (C=O) groups is 3. The number of rotatable bonds is 20. The van der Waals surface area contributed by atoms with Crippen LogP contribution in [-0.4, -0.2) is 59.0 Å². The van der Waals surface area contributed by atoms with Crippen molar-refractivity contribution in [2.75, 3.05) is 13.7 Å². The molecule has 0 bridgehead atoms. The number of aliphatic hydroxyl groups is 1. The largest absolute Gasteiger partial charge is 0.497 e. The van der Waals surface area contributed by atoms with Crippen molar-refractivity contribution in [3.8, 4) is 5.75 Å². The number of nitrogens with one attached hydrogen (secondary N) is 4. The molecule has 0 fully saturated rings. The highest BCUT2D eigenvalue weighted by Crippen LogP contribution is 2.21. The summed E-state index contributed by atoms with van der Waals surface area (Å²) in [6.07, 6.45) is 3.67. The first-order valence-electron chi connectivity index (χ1n) is 18.0. The number of H-pyrrole nitrogens is 1. The second-order valence-electron chi connectivity index (χ2n) is 13.1. The maximum atomic E-state index is 13.8. The molecule has 1 heterocycles. The molecular weight excluding hydrogens is 672 g/mol. The van der Waals surface area contributed by atoms with Crippen LogP contribution in [0, 0.1) is 5.92 Å². The molecule has 1 aromatic heterocycles. The molecule has 5 rings (SSSR count). The quantitative estimate of drug-likeness (QED) is 0.0342. The summed E-state index contributed by atoms with van der Waals surface area (Å²) in [6, 6.07) is 31.3. The van der Waals surface area contributed by atoms with Crippen LogP contribution in [0.25, 0.3) is 10.9 Å². The van der Waals surface area contributed by atoms with Crippen LogP contribution in [0.2, 0.25) is 0 Å². The first kappa shape index (κ1) is 38.7. The fourth-order valence-electron chi connectivity index (χ4n) is 6.33. The summed E-state index contributed by atoms with van der Waals surface area (Å²) in [7, 11) is 1.61. The van der Waals surface area contributed by atoms with Gasteiger partial charge in [-0.3, -0.25) is 9.59 Å². The van der Waals surface area contributed by atoms with E-state index in [9.17, 15) is 24.7 Å². The molecule has 0 aliphatic heterocycles. The third-order valence-corrected chi connectivity index (χ3v) is 9.30. The summed E-state index contributed by atoms with van der Waals surface area (Å²) in [4.78, 5) is 43.5. The molecular formula is C42H48N4O7. The Kier molecular flexibility index (Phi) is 14.6. The van der Waals surface area contributed by atoms with Crippen LogP contribution in [-0.2, 0) is 40.2 Å². The van der Waals surface area contributed by atoms with Gasteiger partial charge < -0.3 is 35.4 Å². The normalized spacial score (nSPS) is 12.8. The average molecular weight is 721 g/mol. The van der Waals surface area contributed by atoms with Gasteiger partial charge >= 0.3 is 5.97 Å². The molecule has 0 radical (unpaired) electrons. The summed E-state index contributed by atoms with van der Waals surface area (Å²) in [5.74, 6) is -1.06. The zero-order valence-electron chi connectivity index (χ0n) is 29.9. The number of esters is 1. The Hall–Kier alpha value is -5.49. The maximum Gasteiger partial charge on any atom is 0.338 e. The molecule has 0 aliphatic rings. The summed E-state index contributed by atoms with van der Waals surface area (Å²) < 4.78 is 10.7. The second-order valence-corrected chi connectivity index (χ2v) is 13.1. The SMILES string of the molecule is COc1ccc(CCC[C@H](CC(O)NO)C(=O)N[C@@H](CCc2c[nH]c3ccccc23)C(=O)NCCc2cccc(C(=O)OCc3ccccc3)c2)cc1. The van der Waals surface area contributed by atoms with Crippen LogP contribution in [0.5, 0.6) is 5.75 Å². The molecule has 11 heteroatoms. The molecule has 0 saturated heterocycles. The van der Waals surface area contributed by atoms with Crippen LogP contribution < -0.4 is 20.9 Å². The number of amides is 2. The van der Waals surface area contributed by atoms with E-state index in [1.165, 1.54) is 0 Å². The predicted molar refractivity (Wildman–Crippen MR) is 202 cm³/mol. The van der Waals surface area contributed by atoms with Crippen LogP contribution in [0.3, 0.4) is 0 Å². The van der Waals surface area contributed by atoms with E-state index in [-0.39, 0.29) is 31.4 Å². The van der Waals surface area contributed by atoms with E-state index >= 15 is 0 Å². The monoisotopic (exact) mass is 720 g/mol.